The molecule has 1 saturated heterocycles. The summed E-state index contributed by atoms with van der Waals surface area (Å²) in [6.07, 6.45) is 1.86. The molecule has 1 fully saturated rings. The van der Waals surface area contributed by atoms with E-state index >= 15 is 0 Å². The van der Waals surface area contributed by atoms with Gasteiger partial charge in [0.1, 0.15) is 0 Å². The van der Waals surface area contributed by atoms with Gasteiger partial charge >= 0.3 is 0 Å². The van der Waals surface area contributed by atoms with Crippen LogP contribution in [-0.2, 0) is 0 Å². The number of para-hydroxylation sites is 1. The highest BCUT2D eigenvalue weighted by Crippen LogP contribution is 2.25. The van der Waals surface area contributed by atoms with Crippen LogP contribution in [0.2, 0.25) is 0 Å². The van der Waals surface area contributed by atoms with Gasteiger partial charge in [-0.3, -0.25) is 9.69 Å². The molecule has 2 aromatic carbocycles. The topological polar surface area (TPSA) is 39.3 Å². The number of aromatic nitrogens is 1. The molecule has 1 aliphatic rings. The zero-order chi connectivity index (χ0) is 19.0. The Kier molecular flexibility index (Phi) is 4.75. The highest BCUT2D eigenvalue weighted by molar-refractivity contribution is 6.10. The molecule has 1 aliphatic heterocycles. The maximum atomic E-state index is 13.1. The number of hydrogen-bond acceptors (Lipinski definition) is 3. The lowest BCUT2D eigenvalue weighted by molar-refractivity contribution is 0.0813. The van der Waals surface area contributed by atoms with E-state index in [2.05, 4.69) is 52.9 Å². The fourth-order valence-electron chi connectivity index (χ4n) is 4.19. The molecular formula is C23H27N3O. The fraction of sp³-hybridized carbons (Fsp3) is 0.348. The first-order valence-corrected chi connectivity index (χ1v) is 9.72. The number of carbonyl (C=O) groups is 1. The van der Waals surface area contributed by atoms with Crippen molar-refractivity contribution in [2.24, 2.45) is 0 Å². The van der Waals surface area contributed by atoms with Crippen LogP contribution in [0.1, 0.15) is 29.8 Å². The molecule has 0 saturated carbocycles. The Bertz CT molecular complexity index is 961. The fourth-order valence-corrected chi connectivity index (χ4v) is 4.19. The lowest BCUT2D eigenvalue weighted by Crippen LogP contribution is -2.56. The number of carbonyl (C=O) groups excluding carboxylic acids is 1. The molecule has 2 heterocycles. The lowest BCUT2D eigenvalue weighted by atomic mass is 10.0. The number of benzene rings is 2. The van der Waals surface area contributed by atoms with E-state index in [-0.39, 0.29) is 11.8 Å². The molecule has 0 aliphatic carbocycles. The third-order valence-corrected chi connectivity index (χ3v) is 5.77. The van der Waals surface area contributed by atoms with E-state index in [4.69, 9.17) is 0 Å². The Labute approximate surface area is 160 Å². The number of hydrogen-bond donors (Lipinski definition) is 1. The predicted octanol–water partition coefficient (Wildman–Crippen LogP) is 4.26. The van der Waals surface area contributed by atoms with Gasteiger partial charge in [0.05, 0.1) is 6.04 Å². The number of nitrogens with one attached hydrogen (secondary N) is 1. The van der Waals surface area contributed by atoms with Gasteiger partial charge in [-0.05, 0) is 44.5 Å². The maximum absolute atomic E-state index is 13.1. The predicted molar refractivity (Wildman–Crippen MR) is 112 cm³/mol. The molecule has 0 spiro atoms. The first-order chi connectivity index (χ1) is 13.0. The third-order valence-electron chi connectivity index (χ3n) is 5.77. The van der Waals surface area contributed by atoms with Crippen LogP contribution in [0.5, 0.6) is 0 Å². The first kappa shape index (κ1) is 17.8. The van der Waals surface area contributed by atoms with Crippen molar-refractivity contribution in [1.82, 2.24) is 9.88 Å². The molecule has 2 atom stereocenters. The van der Waals surface area contributed by atoms with E-state index in [9.17, 15) is 4.79 Å². The van der Waals surface area contributed by atoms with Crippen LogP contribution in [0.3, 0.4) is 0 Å². The van der Waals surface area contributed by atoms with Gasteiger partial charge in [0.2, 0.25) is 0 Å². The summed E-state index contributed by atoms with van der Waals surface area (Å²) in [6, 6.07) is 16.9. The first-order valence-electron chi connectivity index (χ1n) is 9.72. The number of aromatic amines is 1. The van der Waals surface area contributed by atoms with Crippen molar-refractivity contribution >= 4 is 22.4 Å². The summed E-state index contributed by atoms with van der Waals surface area (Å²) in [4.78, 5) is 21.1. The SMILES string of the molecule is Cc1cccc(N2CCN([C@H](C)C(=O)c3c[nH]c4ccccc34)C[C@H]2C)c1. The zero-order valence-electron chi connectivity index (χ0n) is 16.3. The Morgan fingerprint density at radius 3 is 2.74 bits per heavy atom. The van der Waals surface area contributed by atoms with Gasteiger partial charge < -0.3 is 9.88 Å². The summed E-state index contributed by atoms with van der Waals surface area (Å²) in [5, 5.41) is 1.01. The van der Waals surface area contributed by atoms with Gasteiger partial charge in [-0.25, -0.2) is 0 Å². The van der Waals surface area contributed by atoms with Gasteiger partial charge in [-0.15, -0.1) is 0 Å². The molecule has 0 amide bonds. The Morgan fingerprint density at radius 1 is 1.15 bits per heavy atom. The number of ketones is 1. The monoisotopic (exact) mass is 361 g/mol. The van der Waals surface area contributed by atoms with Crippen molar-refractivity contribution in [3.8, 4) is 0 Å². The molecule has 0 bridgehead atoms. The van der Waals surface area contributed by atoms with Gasteiger partial charge in [0, 0.05) is 54.0 Å². The van der Waals surface area contributed by atoms with E-state index in [1.54, 1.807) is 0 Å². The average Bonchev–Trinajstić information content (AvgIpc) is 3.11. The molecule has 3 aromatic rings. The second-order valence-corrected chi connectivity index (χ2v) is 7.66. The highest BCUT2D eigenvalue weighted by Gasteiger charge is 2.31. The number of aryl methyl sites for hydroxylation is 1. The molecule has 4 heteroatoms. The molecule has 0 radical (unpaired) electrons. The Morgan fingerprint density at radius 2 is 1.96 bits per heavy atom. The minimum atomic E-state index is -0.119. The minimum Gasteiger partial charge on any atom is -0.366 e. The molecule has 4 nitrogen and oxygen atoms in total. The zero-order valence-corrected chi connectivity index (χ0v) is 16.3. The molecule has 1 aromatic heterocycles. The van der Waals surface area contributed by atoms with Crippen LogP contribution >= 0.6 is 0 Å². The third kappa shape index (κ3) is 3.37. The van der Waals surface area contributed by atoms with Crippen molar-refractivity contribution in [1.29, 1.82) is 0 Å². The van der Waals surface area contributed by atoms with Crippen LogP contribution in [-0.4, -0.2) is 47.4 Å². The largest absolute Gasteiger partial charge is 0.366 e. The number of H-pyrrole nitrogens is 1. The smallest absolute Gasteiger partial charge is 0.181 e. The molecule has 1 N–H and O–H groups in total. The minimum absolute atomic E-state index is 0.119. The van der Waals surface area contributed by atoms with Gasteiger partial charge in [0.15, 0.2) is 5.78 Å². The van der Waals surface area contributed by atoms with E-state index in [1.165, 1.54) is 11.3 Å². The number of rotatable bonds is 4. The Hall–Kier alpha value is -2.59. The summed E-state index contributed by atoms with van der Waals surface area (Å²) < 4.78 is 0. The van der Waals surface area contributed by atoms with E-state index < -0.39 is 0 Å². The van der Waals surface area contributed by atoms with Crippen LogP contribution in [0.4, 0.5) is 5.69 Å². The lowest BCUT2D eigenvalue weighted by Gasteiger charge is -2.43. The average molecular weight is 361 g/mol. The normalized spacial score (nSPS) is 19.4. The molecule has 4 rings (SSSR count). The number of anilines is 1. The number of piperazine rings is 1. The number of fused-ring (bicyclic) bond motifs is 1. The summed E-state index contributed by atoms with van der Waals surface area (Å²) >= 11 is 0. The summed E-state index contributed by atoms with van der Waals surface area (Å²) in [5.41, 5.74) is 4.38. The van der Waals surface area contributed by atoms with Gasteiger partial charge in [0.25, 0.3) is 0 Å². The standard InChI is InChI=1S/C23H27N3O/c1-16-7-6-8-19(13-16)26-12-11-25(15-17(26)2)18(3)23(27)21-14-24-22-10-5-4-9-20(21)22/h4-10,13-14,17-18,24H,11-12,15H2,1-3H3/t17-,18-/m1/s1. The second-order valence-electron chi connectivity index (χ2n) is 7.66. The van der Waals surface area contributed by atoms with Crippen LogP contribution in [0, 0.1) is 6.92 Å². The van der Waals surface area contributed by atoms with Crippen LogP contribution in [0.15, 0.2) is 54.7 Å². The maximum Gasteiger partial charge on any atom is 0.181 e. The summed E-state index contributed by atoms with van der Waals surface area (Å²) in [5.74, 6) is 0.198. The van der Waals surface area contributed by atoms with E-state index in [1.807, 2.05) is 37.4 Å². The van der Waals surface area contributed by atoms with Crippen molar-refractivity contribution in [3.05, 3.63) is 65.9 Å². The molecule has 27 heavy (non-hydrogen) atoms. The quantitative estimate of drug-likeness (QED) is 0.706. The highest BCUT2D eigenvalue weighted by atomic mass is 16.1. The molecule has 140 valence electrons. The Balaban J connectivity index is 1.49. The van der Waals surface area contributed by atoms with Gasteiger partial charge in [-0.1, -0.05) is 30.3 Å². The van der Waals surface area contributed by atoms with Crippen molar-refractivity contribution in [2.45, 2.75) is 32.9 Å². The van der Waals surface area contributed by atoms with E-state index in [0.29, 0.717) is 6.04 Å². The van der Waals surface area contributed by atoms with Crippen molar-refractivity contribution in [2.75, 3.05) is 24.5 Å². The van der Waals surface area contributed by atoms with Crippen molar-refractivity contribution < 1.29 is 4.79 Å². The van der Waals surface area contributed by atoms with Crippen LogP contribution in [0.25, 0.3) is 10.9 Å². The summed E-state index contributed by atoms with van der Waals surface area (Å²) in [6.45, 7) is 9.15. The van der Waals surface area contributed by atoms with Crippen molar-refractivity contribution in [3.63, 3.8) is 0 Å². The summed E-state index contributed by atoms with van der Waals surface area (Å²) in [7, 11) is 0. The van der Waals surface area contributed by atoms with Gasteiger partial charge in [-0.2, -0.15) is 0 Å². The second kappa shape index (κ2) is 7.20. The number of nitrogens with zero attached hydrogens (tertiary/aromatic N) is 2. The molecule has 0 unspecified atom stereocenters. The van der Waals surface area contributed by atoms with E-state index in [0.717, 1.165) is 36.1 Å². The number of Topliss-reactive ketones (excluding diaryl/α,β-unsaturated/α-hetero) is 1. The molecular weight excluding hydrogens is 334 g/mol. The van der Waals surface area contributed by atoms with Crippen LogP contribution < -0.4 is 4.90 Å².